The molecule has 0 unspecified atom stereocenters. The Morgan fingerprint density at radius 3 is 0.945 bits per heavy atom. The van der Waals surface area contributed by atoms with E-state index in [1.807, 2.05) is 4.90 Å². The lowest BCUT2D eigenvalue weighted by molar-refractivity contribution is -0.131. The Morgan fingerprint density at radius 1 is 0.491 bits per heavy atom. The predicted molar refractivity (Wildman–Crippen MR) is 232 cm³/mol. The zero-order chi connectivity index (χ0) is 42.2. The molecule has 0 aliphatic heterocycles. The van der Waals surface area contributed by atoms with Crippen molar-refractivity contribution in [1.29, 1.82) is 0 Å². The molecule has 314 valence electrons. The van der Waals surface area contributed by atoms with Crippen LogP contribution in [0.2, 0.25) is 0 Å². The summed E-state index contributed by atoms with van der Waals surface area (Å²) in [5, 5.41) is 16.6. The molecule has 22 heteroatoms. The molecule has 0 aromatic carbocycles. The highest BCUT2D eigenvalue weighted by molar-refractivity contribution is 8.23. The monoisotopic (exact) mass is 887 g/mol. The van der Waals surface area contributed by atoms with Gasteiger partial charge >= 0.3 is 0 Å². The van der Waals surface area contributed by atoms with Crippen LogP contribution in [0.25, 0.3) is 0 Å². The van der Waals surface area contributed by atoms with Crippen molar-refractivity contribution in [2.75, 3.05) is 76.3 Å². The second-order valence-corrected chi connectivity index (χ2v) is 17.8. The molecule has 6 amide bonds. The topological polar surface area (TPSA) is 206 Å². The SMILES string of the molecule is CCOC(=S)SCC(=O)NC(C)(C)C(=O)NCCN(CCNC(=O)C(C)(C)NC(=O)CSC(=S)OCC)CCNC(=O)C(C)(C)NC(=O)CSC(=S)OCC. The Hall–Kier alpha value is -2.50. The molecule has 0 aliphatic carbocycles. The fraction of sp³-hybridized carbons (Fsp3) is 0.727. The Morgan fingerprint density at radius 2 is 0.727 bits per heavy atom. The van der Waals surface area contributed by atoms with Crippen LogP contribution in [0.3, 0.4) is 0 Å². The lowest BCUT2D eigenvalue weighted by Crippen LogP contribution is -2.57. The molecule has 0 saturated heterocycles. The van der Waals surface area contributed by atoms with Crippen molar-refractivity contribution in [1.82, 2.24) is 36.8 Å². The van der Waals surface area contributed by atoms with E-state index >= 15 is 0 Å². The number of hydrogen-bond donors (Lipinski definition) is 6. The van der Waals surface area contributed by atoms with E-state index in [0.29, 0.717) is 39.5 Å². The fourth-order valence-electron chi connectivity index (χ4n) is 4.16. The lowest BCUT2D eigenvalue weighted by atomic mass is 10.0. The van der Waals surface area contributed by atoms with E-state index in [1.165, 1.54) is 0 Å². The van der Waals surface area contributed by atoms with E-state index < -0.39 is 34.3 Å². The van der Waals surface area contributed by atoms with Gasteiger partial charge in [0.2, 0.25) is 48.6 Å². The number of thiocarbonyl (C=S) groups is 3. The highest BCUT2D eigenvalue weighted by Gasteiger charge is 2.32. The molecule has 0 radical (unpaired) electrons. The molecule has 16 nitrogen and oxygen atoms in total. The molecule has 55 heavy (non-hydrogen) atoms. The first kappa shape index (κ1) is 52.5. The summed E-state index contributed by atoms with van der Waals surface area (Å²) in [4.78, 5) is 78.4. The third-order valence-electron chi connectivity index (χ3n) is 6.95. The number of nitrogens with one attached hydrogen (secondary N) is 6. The summed E-state index contributed by atoms with van der Waals surface area (Å²) in [7, 11) is 0. The van der Waals surface area contributed by atoms with E-state index in [9.17, 15) is 28.8 Å². The fourth-order valence-corrected chi connectivity index (χ4v) is 6.61. The molecule has 0 aromatic rings. The molecule has 0 heterocycles. The maximum absolute atomic E-state index is 13.0. The third kappa shape index (κ3) is 24.0. The van der Waals surface area contributed by atoms with E-state index in [-0.39, 0.29) is 67.8 Å². The molecule has 0 bridgehead atoms. The van der Waals surface area contributed by atoms with Crippen molar-refractivity contribution in [3.63, 3.8) is 0 Å². The second-order valence-electron chi connectivity index (χ2n) is 13.0. The van der Waals surface area contributed by atoms with Crippen molar-refractivity contribution >= 4 is 121 Å². The first-order valence-corrected chi connectivity index (χ1v) is 21.7. The Labute approximate surface area is 353 Å². The number of ether oxygens (including phenoxy) is 3. The van der Waals surface area contributed by atoms with Gasteiger partial charge in [0, 0.05) is 39.3 Å². The van der Waals surface area contributed by atoms with Gasteiger partial charge in [0.25, 0.3) is 0 Å². The van der Waals surface area contributed by atoms with Crippen LogP contribution in [0.15, 0.2) is 0 Å². The number of thioether (sulfide) groups is 3. The lowest BCUT2D eigenvalue weighted by Gasteiger charge is -2.29. The number of carbonyl (C=O) groups is 6. The van der Waals surface area contributed by atoms with Crippen LogP contribution in [0.5, 0.6) is 0 Å². The molecular weight excluding hydrogens is 831 g/mol. The normalized spacial score (nSPS) is 11.5. The molecular formula is C33H57N7O9S6. The van der Waals surface area contributed by atoms with Crippen molar-refractivity contribution < 1.29 is 43.0 Å². The first-order chi connectivity index (χ1) is 25.6. The molecule has 0 fully saturated rings. The number of nitrogens with zero attached hydrogens (tertiary/aromatic N) is 1. The summed E-state index contributed by atoms with van der Waals surface area (Å²) < 4.78 is 16.2. The minimum absolute atomic E-state index is 0.0103. The van der Waals surface area contributed by atoms with Gasteiger partial charge in [-0.2, -0.15) is 0 Å². The van der Waals surface area contributed by atoms with Gasteiger partial charge in [0.15, 0.2) is 0 Å². The largest absolute Gasteiger partial charge is 0.479 e. The number of carbonyl (C=O) groups excluding carboxylic acids is 6. The Bertz CT molecular complexity index is 1200. The molecule has 0 atom stereocenters. The van der Waals surface area contributed by atoms with Crippen LogP contribution >= 0.6 is 71.9 Å². The third-order valence-corrected chi connectivity index (χ3v) is 10.6. The maximum Gasteiger partial charge on any atom is 0.245 e. The van der Waals surface area contributed by atoms with Crippen LogP contribution in [-0.2, 0) is 43.0 Å². The van der Waals surface area contributed by atoms with Crippen molar-refractivity contribution in [2.24, 2.45) is 0 Å². The average Bonchev–Trinajstić information content (AvgIpc) is 3.08. The van der Waals surface area contributed by atoms with Gasteiger partial charge in [-0.15, -0.1) is 0 Å². The average molecular weight is 888 g/mol. The van der Waals surface area contributed by atoms with Crippen LogP contribution < -0.4 is 31.9 Å². The van der Waals surface area contributed by atoms with Gasteiger partial charge in [-0.3, -0.25) is 33.7 Å². The standard InChI is InChI=1S/C33H57N7O9S6/c1-10-47-28(50)53-19-22(41)37-31(4,5)25(44)34-13-16-40(17-14-35-26(45)32(6,7)38-23(42)20-54-29(51)48-11-2)18-15-36-27(46)33(8,9)39-24(43)21-55-30(52)49-12-3/h10-21H2,1-9H3,(H,34,44)(H,35,45)(H,36,46)(H,37,41)(H,38,42)(H,39,43). The van der Waals surface area contributed by atoms with Gasteiger partial charge in [-0.25, -0.2) is 0 Å². The van der Waals surface area contributed by atoms with Crippen LogP contribution in [-0.4, -0.2) is 146 Å². The quantitative estimate of drug-likeness (QED) is 0.0760. The predicted octanol–water partition coefficient (Wildman–Crippen LogP) is 1.49. The highest BCUT2D eigenvalue weighted by Crippen LogP contribution is 2.11. The number of amides is 6. The summed E-state index contributed by atoms with van der Waals surface area (Å²) >= 11 is 18.3. The zero-order valence-electron chi connectivity index (χ0n) is 33.1. The van der Waals surface area contributed by atoms with E-state index in [2.05, 4.69) is 31.9 Å². The van der Waals surface area contributed by atoms with Crippen LogP contribution in [0.4, 0.5) is 0 Å². The van der Waals surface area contributed by atoms with Crippen LogP contribution in [0.1, 0.15) is 62.3 Å². The summed E-state index contributed by atoms with van der Waals surface area (Å²) in [6.45, 7) is 17.4. The molecule has 6 N–H and O–H groups in total. The minimum atomic E-state index is -1.23. The molecule has 0 rings (SSSR count). The van der Waals surface area contributed by atoms with Crippen molar-refractivity contribution in [3.8, 4) is 0 Å². The molecule has 0 spiro atoms. The van der Waals surface area contributed by atoms with Crippen molar-refractivity contribution in [2.45, 2.75) is 78.9 Å². The smallest absolute Gasteiger partial charge is 0.245 e. The van der Waals surface area contributed by atoms with Crippen molar-refractivity contribution in [3.05, 3.63) is 0 Å². The van der Waals surface area contributed by atoms with Gasteiger partial charge in [0.1, 0.15) is 16.6 Å². The summed E-state index contributed by atoms with van der Waals surface area (Å²) in [5.74, 6) is -2.46. The molecule has 0 saturated carbocycles. The van der Waals surface area contributed by atoms with E-state index in [0.717, 1.165) is 35.3 Å². The summed E-state index contributed by atoms with van der Waals surface area (Å²) in [6, 6.07) is 0. The molecule has 0 aromatic heterocycles. The highest BCUT2D eigenvalue weighted by atomic mass is 32.2. The van der Waals surface area contributed by atoms with Crippen LogP contribution in [0, 0.1) is 0 Å². The van der Waals surface area contributed by atoms with Gasteiger partial charge in [-0.1, -0.05) is 35.3 Å². The minimum Gasteiger partial charge on any atom is -0.479 e. The van der Waals surface area contributed by atoms with Gasteiger partial charge < -0.3 is 46.1 Å². The first-order valence-electron chi connectivity index (χ1n) is 17.5. The second kappa shape index (κ2) is 27.2. The maximum atomic E-state index is 13.0. The summed E-state index contributed by atoms with van der Waals surface area (Å²) in [6.07, 6.45) is 0. The number of rotatable bonds is 24. The van der Waals surface area contributed by atoms with Gasteiger partial charge in [0.05, 0.1) is 37.1 Å². The van der Waals surface area contributed by atoms with E-state index in [1.54, 1.807) is 62.3 Å². The number of hydrogen-bond acceptors (Lipinski definition) is 16. The molecule has 0 aliphatic rings. The van der Waals surface area contributed by atoms with Gasteiger partial charge in [-0.05, 0) is 99.0 Å². The van der Waals surface area contributed by atoms with E-state index in [4.69, 9.17) is 50.9 Å². The Kier molecular flexibility index (Phi) is 26.0. The zero-order valence-corrected chi connectivity index (χ0v) is 38.0. The summed E-state index contributed by atoms with van der Waals surface area (Å²) in [5.41, 5.74) is -3.70. The Balaban J connectivity index is 5.39.